The van der Waals surface area contributed by atoms with Gasteiger partial charge in [-0.3, -0.25) is 0 Å². The van der Waals surface area contributed by atoms with Crippen LogP contribution in [0.2, 0.25) is 0 Å². The molecule has 0 radical (unpaired) electrons. The molecule has 0 aliphatic rings. The van der Waals surface area contributed by atoms with Crippen molar-refractivity contribution >= 4 is 23.4 Å². The summed E-state index contributed by atoms with van der Waals surface area (Å²) in [5, 5.41) is 6.69. The van der Waals surface area contributed by atoms with E-state index in [-0.39, 0.29) is 0 Å². The van der Waals surface area contributed by atoms with Crippen LogP contribution in [0.4, 0.5) is 11.6 Å². The zero-order chi connectivity index (χ0) is 14.1. The summed E-state index contributed by atoms with van der Waals surface area (Å²) in [5.74, 6) is 3.25. The average molecular weight is 284 g/mol. The van der Waals surface area contributed by atoms with E-state index in [4.69, 9.17) is 4.74 Å². The summed E-state index contributed by atoms with van der Waals surface area (Å²) in [4.78, 5) is 8.53. The van der Waals surface area contributed by atoms with Gasteiger partial charge in [0.25, 0.3) is 0 Å². The van der Waals surface area contributed by atoms with Gasteiger partial charge in [-0.2, -0.15) is 11.8 Å². The van der Waals surface area contributed by atoms with Crippen LogP contribution in [0.5, 0.6) is 5.75 Å². The van der Waals surface area contributed by atoms with Crippen molar-refractivity contribution in [2.45, 2.75) is 32.7 Å². The zero-order valence-corrected chi connectivity index (χ0v) is 13.0. The number of hydrogen-bond donors (Lipinski definition) is 2. The van der Waals surface area contributed by atoms with Crippen LogP contribution in [0, 0.1) is 0 Å². The first-order valence-electron chi connectivity index (χ1n) is 6.65. The number of thioether (sulfide) groups is 1. The van der Waals surface area contributed by atoms with E-state index >= 15 is 0 Å². The van der Waals surface area contributed by atoms with E-state index in [1.165, 1.54) is 0 Å². The number of rotatable bonds is 9. The minimum absolute atomic E-state index is 0.387. The second-order valence-corrected chi connectivity index (χ2v) is 5.15. The number of ether oxygens (including phenoxy) is 1. The highest BCUT2D eigenvalue weighted by molar-refractivity contribution is 7.98. The van der Waals surface area contributed by atoms with E-state index < -0.39 is 0 Å². The third kappa shape index (κ3) is 4.78. The summed E-state index contributed by atoms with van der Waals surface area (Å²) < 4.78 is 5.44. The van der Waals surface area contributed by atoms with Crippen molar-refractivity contribution in [1.82, 2.24) is 9.97 Å². The molecule has 0 bridgehead atoms. The molecule has 0 amide bonds. The van der Waals surface area contributed by atoms with Crippen LogP contribution in [0.1, 0.15) is 26.7 Å². The molecule has 0 aromatic carbocycles. The standard InChI is InChI=1S/C13H24N4OS/c1-5-7-14-12-11(18-3)13(16-9-15-12)17-10(6-2)8-19-4/h9-10H,5-8H2,1-4H3,(H2,14,15,16,17). The summed E-state index contributed by atoms with van der Waals surface area (Å²) >= 11 is 1.82. The van der Waals surface area contributed by atoms with Gasteiger partial charge >= 0.3 is 0 Å². The predicted molar refractivity (Wildman–Crippen MR) is 83.4 cm³/mol. The molecule has 0 fully saturated rings. The molecule has 1 unspecified atom stereocenters. The molecule has 2 N–H and O–H groups in total. The fourth-order valence-corrected chi connectivity index (χ4v) is 2.42. The monoisotopic (exact) mass is 284 g/mol. The van der Waals surface area contributed by atoms with Crippen LogP contribution in [-0.2, 0) is 0 Å². The molecular weight excluding hydrogens is 260 g/mol. The Kier molecular flexibility index (Phi) is 7.40. The summed E-state index contributed by atoms with van der Waals surface area (Å²) in [6.45, 7) is 5.15. The molecule has 5 nitrogen and oxygen atoms in total. The largest absolute Gasteiger partial charge is 0.490 e. The van der Waals surface area contributed by atoms with Crippen LogP contribution < -0.4 is 15.4 Å². The number of methoxy groups -OCH3 is 1. The summed E-state index contributed by atoms with van der Waals surface area (Å²) in [6.07, 6.45) is 5.76. The normalized spacial score (nSPS) is 12.0. The third-order valence-corrected chi connectivity index (χ3v) is 3.49. The second kappa shape index (κ2) is 8.85. The summed E-state index contributed by atoms with van der Waals surface area (Å²) in [7, 11) is 1.65. The molecule has 1 heterocycles. The first-order chi connectivity index (χ1) is 9.26. The molecule has 0 saturated heterocycles. The molecule has 0 aliphatic heterocycles. The number of aromatic nitrogens is 2. The van der Waals surface area contributed by atoms with Crippen molar-refractivity contribution in [3.63, 3.8) is 0 Å². The van der Waals surface area contributed by atoms with Gasteiger partial charge in [0.05, 0.1) is 7.11 Å². The van der Waals surface area contributed by atoms with E-state index in [0.29, 0.717) is 11.8 Å². The SMILES string of the molecule is CCCNc1ncnc(NC(CC)CSC)c1OC. The molecule has 1 aromatic rings. The van der Waals surface area contributed by atoms with Gasteiger partial charge in [0.15, 0.2) is 11.6 Å². The van der Waals surface area contributed by atoms with E-state index in [1.54, 1.807) is 13.4 Å². The Bertz CT molecular complexity index is 376. The minimum atomic E-state index is 0.387. The molecule has 0 saturated carbocycles. The van der Waals surface area contributed by atoms with Gasteiger partial charge in [-0.25, -0.2) is 9.97 Å². The molecule has 0 spiro atoms. The lowest BCUT2D eigenvalue weighted by atomic mass is 10.2. The first-order valence-corrected chi connectivity index (χ1v) is 8.04. The maximum atomic E-state index is 5.44. The maximum Gasteiger partial charge on any atom is 0.204 e. The molecule has 1 aromatic heterocycles. The van der Waals surface area contributed by atoms with Crippen molar-refractivity contribution in [3.8, 4) is 5.75 Å². The van der Waals surface area contributed by atoms with Gasteiger partial charge in [-0.05, 0) is 19.1 Å². The summed E-state index contributed by atoms with van der Waals surface area (Å²) in [5.41, 5.74) is 0. The molecule has 6 heteroatoms. The molecule has 0 aliphatic carbocycles. The molecule has 19 heavy (non-hydrogen) atoms. The Morgan fingerprint density at radius 3 is 2.63 bits per heavy atom. The number of anilines is 2. The van der Waals surface area contributed by atoms with Crippen molar-refractivity contribution in [1.29, 1.82) is 0 Å². The van der Waals surface area contributed by atoms with Crippen LogP contribution >= 0.6 is 11.8 Å². The lowest BCUT2D eigenvalue weighted by molar-refractivity contribution is 0.414. The van der Waals surface area contributed by atoms with Crippen LogP contribution in [0.3, 0.4) is 0 Å². The molecule has 108 valence electrons. The van der Waals surface area contributed by atoms with Gasteiger partial charge in [-0.1, -0.05) is 13.8 Å². The molecular formula is C13H24N4OS. The van der Waals surface area contributed by atoms with Crippen molar-refractivity contribution in [3.05, 3.63) is 6.33 Å². The lowest BCUT2D eigenvalue weighted by Gasteiger charge is -2.19. The van der Waals surface area contributed by atoms with Crippen molar-refractivity contribution in [2.24, 2.45) is 0 Å². The van der Waals surface area contributed by atoms with E-state index in [2.05, 4.69) is 40.7 Å². The second-order valence-electron chi connectivity index (χ2n) is 4.24. The van der Waals surface area contributed by atoms with Crippen molar-refractivity contribution < 1.29 is 4.74 Å². The molecule has 1 atom stereocenters. The smallest absolute Gasteiger partial charge is 0.204 e. The van der Waals surface area contributed by atoms with Gasteiger partial charge in [0.2, 0.25) is 5.75 Å². The van der Waals surface area contributed by atoms with Gasteiger partial charge < -0.3 is 15.4 Å². The average Bonchev–Trinajstić information content (AvgIpc) is 2.44. The van der Waals surface area contributed by atoms with E-state index in [9.17, 15) is 0 Å². The van der Waals surface area contributed by atoms with E-state index in [0.717, 1.165) is 36.8 Å². The third-order valence-electron chi connectivity index (χ3n) is 2.75. The predicted octanol–water partition coefficient (Wildman–Crippen LogP) is 2.86. The number of nitrogens with zero attached hydrogens (tertiary/aromatic N) is 2. The Balaban J connectivity index is 2.86. The maximum absolute atomic E-state index is 5.44. The first kappa shape index (κ1) is 15.9. The minimum Gasteiger partial charge on any atom is -0.490 e. The molecule has 1 rings (SSSR count). The highest BCUT2D eigenvalue weighted by Gasteiger charge is 2.14. The summed E-state index contributed by atoms with van der Waals surface area (Å²) in [6, 6.07) is 0.387. The highest BCUT2D eigenvalue weighted by Crippen LogP contribution is 2.29. The fourth-order valence-electron chi connectivity index (χ4n) is 1.70. The highest BCUT2D eigenvalue weighted by atomic mass is 32.2. The Labute approximate surface area is 119 Å². The fraction of sp³-hybridized carbons (Fsp3) is 0.692. The van der Waals surface area contributed by atoms with Crippen LogP contribution in [0.15, 0.2) is 6.33 Å². The number of hydrogen-bond acceptors (Lipinski definition) is 6. The van der Waals surface area contributed by atoms with E-state index in [1.807, 2.05) is 11.8 Å². The number of nitrogens with one attached hydrogen (secondary N) is 2. The quantitative estimate of drug-likeness (QED) is 0.727. The lowest BCUT2D eigenvalue weighted by Crippen LogP contribution is -2.22. The Morgan fingerprint density at radius 2 is 2.05 bits per heavy atom. The Morgan fingerprint density at radius 1 is 1.32 bits per heavy atom. The van der Waals surface area contributed by atoms with Gasteiger partial charge in [0, 0.05) is 18.3 Å². The van der Waals surface area contributed by atoms with Crippen LogP contribution in [-0.4, -0.2) is 41.7 Å². The van der Waals surface area contributed by atoms with Gasteiger partial charge in [0.1, 0.15) is 6.33 Å². The zero-order valence-electron chi connectivity index (χ0n) is 12.2. The van der Waals surface area contributed by atoms with Gasteiger partial charge in [-0.15, -0.1) is 0 Å². The van der Waals surface area contributed by atoms with Crippen LogP contribution in [0.25, 0.3) is 0 Å². The van der Waals surface area contributed by atoms with Crippen molar-refractivity contribution in [2.75, 3.05) is 36.3 Å². The topological polar surface area (TPSA) is 59.1 Å². The Hall–Kier alpha value is -1.17.